The van der Waals surface area contributed by atoms with Crippen LogP contribution in [0.4, 0.5) is 0 Å². The monoisotopic (exact) mass is 205 g/mol. The Morgan fingerprint density at radius 2 is 2.07 bits per heavy atom. The fraction of sp³-hybridized carbons (Fsp3) is 0.182. The van der Waals surface area contributed by atoms with Crippen molar-refractivity contribution in [2.24, 2.45) is 0 Å². The highest BCUT2D eigenvalue weighted by atomic mass is 16.6. The Kier molecular flexibility index (Phi) is 2.99. The lowest BCUT2D eigenvalue weighted by atomic mass is 10.2. The fourth-order valence-corrected chi connectivity index (χ4v) is 1.15. The summed E-state index contributed by atoms with van der Waals surface area (Å²) in [6.45, 7) is 0.268. The summed E-state index contributed by atoms with van der Waals surface area (Å²) >= 11 is 0. The second kappa shape index (κ2) is 4.61. The number of aliphatic hydroxyl groups excluding tert-OH is 1. The van der Waals surface area contributed by atoms with E-state index in [4.69, 9.17) is 14.3 Å². The molecule has 2 aromatic rings. The smallest absolute Gasteiger partial charge is 0.394 e. The molecular weight excluding hydrogens is 194 g/mol. The molecule has 1 N–H and O–H groups in total. The normalized spacial score (nSPS) is 10.2. The summed E-state index contributed by atoms with van der Waals surface area (Å²) in [5.41, 5.74) is 1.51. The van der Waals surface area contributed by atoms with Crippen molar-refractivity contribution in [1.29, 1.82) is 0 Å². The van der Waals surface area contributed by atoms with E-state index in [0.29, 0.717) is 12.3 Å². The van der Waals surface area contributed by atoms with Gasteiger partial charge in [-0.25, -0.2) is 0 Å². The van der Waals surface area contributed by atoms with Crippen LogP contribution in [0, 0.1) is 0 Å². The van der Waals surface area contributed by atoms with Crippen LogP contribution in [-0.2, 0) is 13.2 Å². The molecule has 15 heavy (non-hydrogen) atoms. The minimum Gasteiger partial charge on any atom is -0.445 e. The van der Waals surface area contributed by atoms with Crippen molar-refractivity contribution >= 4 is 0 Å². The number of rotatable bonds is 4. The average molecular weight is 205 g/mol. The maximum absolute atomic E-state index is 8.76. The van der Waals surface area contributed by atoms with Crippen molar-refractivity contribution in [2.75, 3.05) is 0 Å². The third-order valence-electron chi connectivity index (χ3n) is 1.90. The lowest BCUT2D eigenvalue weighted by molar-refractivity contribution is 0.219. The summed E-state index contributed by atoms with van der Waals surface area (Å²) in [6.07, 6.45) is 1.56. The van der Waals surface area contributed by atoms with E-state index in [1.54, 1.807) is 0 Å². The van der Waals surface area contributed by atoms with Crippen molar-refractivity contribution in [3.63, 3.8) is 0 Å². The van der Waals surface area contributed by atoms with Crippen LogP contribution in [0.15, 0.2) is 41.0 Å². The van der Waals surface area contributed by atoms with Gasteiger partial charge < -0.3 is 14.3 Å². The zero-order chi connectivity index (χ0) is 10.5. The van der Waals surface area contributed by atoms with E-state index < -0.39 is 0 Å². The van der Waals surface area contributed by atoms with Gasteiger partial charge in [0.05, 0.1) is 6.61 Å². The summed E-state index contributed by atoms with van der Waals surface area (Å²) in [4.78, 5) is 3.90. The van der Waals surface area contributed by atoms with Gasteiger partial charge in [-0.1, -0.05) is 30.3 Å². The van der Waals surface area contributed by atoms with Crippen LogP contribution in [0.5, 0.6) is 6.08 Å². The van der Waals surface area contributed by atoms with Gasteiger partial charge in [0.25, 0.3) is 0 Å². The number of nitrogens with zero attached hydrogens (tertiary/aromatic N) is 1. The number of aromatic nitrogens is 1. The number of hydrogen-bond acceptors (Lipinski definition) is 4. The quantitative estimate of drug-likeness (QED) is 0.826. The highest BCUT2D eigenvalue weighted by Gasteiger charge is 2.03. The molecule has 0 fully saturated rings. The molecule has 0 bridgehead atoms. The Hall–Kier alpha value is -1.81. The zero-order valence-electron chi connectivity index (χ0n) is 8.09. The number of oxazole rings is 1. The molecule has 1 aromatic heterocycles. The number of aliphatic hydroxyl groups is 1. The first kappa shape index (κ1) is 9.73. The summed E-state index contributed by atoms with van der Waals surface area (Å²) in [7, 11) is 0. The van der Waals surface area contributed by atoms with E-state index >= 15 is 0 Å². The van der Waals surface area contributed by atoms with Crippen molar-refractivity contribution in [1.82, 2.24) is 4.98 Å². The molecule has 1 heterocycles. The molecule has 0 aliphatic carbocycles. The maximum Gasteiger partial charge on any atom is 0.394 e. The molecule has 2 rings (SSSR count). The van der Waals surface area contributed by atoms with Gasteiger partial charge in [0.2, 0.25) is 0 Å². The zero-order valence-corrected chi connectivity index (χ0v) is 8.09. The largest absolute Gasteiger partial charge is 0.445 e. The standard InChI is InChI=1S/C11H11NO3/c13-6-10-8-15-11(12-10)14-7-9-4-2-1-3-5-9/h1-5,8,13H,6-7H2. The van der Waals surface area contributed by atoms with Gasteiger partial charge in [0, 0.05) is 0 Å². The Balaban J connectivity index is 1.93. The molecule has 0 spiro atoms. The summed E-state index contributed by atoms with van der Waals surface area (Å²) in [5, 5.41) is 8.76. The minimum absolute atomic E-state index is 0.141. The van der Waals surface area contributed by atoms with E-state index in [0.717, 1.165) is 5.56 Å². The van der Waals surface area contributed by atoms with Crippen LogP contribution >= 0.6 is 0 Å². The Labute approximate surface area is 87.1 Å². The van der Waals surface area contributed by atoms with Gasteiger partial charge in [-0.3, -0.25) is 0 Å². The minimum atomic E-state index is -0.141. The van der Waals surface area contributed by atoms with E-state index in [9.17, 15) is 0 Å². The molecule has 0 amide bonds. The number of benzene rings is 1. The molecule has 0 atom stereocenters. The molecule has 4 nitrogen and oxygen atoms in total. The molecule has 0 radical (unpaired) electrons. The Morgan fingerprint density at radius 1 is 1.27 bits per heavy atom. The van der Waals surface area contributed by atoms with Crippen LogP contribution < -0.4 is 4.74 Å². The van der Waals surface area contributed by atoms with Crippen LogP contribution in [0.2, 0.25) is 0 Å². The van der Waals surface area contributed by atoms with Gasteiger partial charge in [0.15, 0.2) is 0 Å². The topological polar surface area (TPSA) is 55.5 Å². The number of ether oxygens (including phenoxy) is 1. The summed E-state index contributed by atoms with van der Waals surface area (Å²) in [6, 6.07) is 9.73. The Bertz CT molecular complexity index is 411. The van der Waals surface area contributed by atoms with Crippen molar-refractivity contribution in [2.45, 2.75) is 13.2 Å². The van der Waals surface area contributed by atoms with Crippen LogP contribution in [-0.4, -0.2) is 10.1 Å². The molecule has 0 aliphatic rings. The van der Waals surface area contributed by atoms with Crippen molar-refractivity contribution in [3.05, 3.63) is 47.9 Å². The first-order chi connectivity index (χ1) is 7.38. The Morgan fingerprint density at radius 3 is 2.73 bits per heavy atom. The molecule has 0 saturated carbocycles. The van der Waals surface area contributed by atoms with Gasteiger partial charge in [-0.2, -0.15) is 4.98 Å². The van der Waals surface area contributed by atoms with Crippen molar-refractivity contribution in [3.8, 4) is 6.08 Å². The van der Waals surface area contributed by atoms with Crippen molar-refractivity contribution < 1.29 is 14.3 Å². The number of hydrogen-bond donors (Lipinski definition) is 1. The molecule has 0 unspecified atom stereocenters. The predicted molar refractivity (Wildman–Crippen MR) is 53.2 cm³/mol. The van der Waals surface area contributed by atoms with E-state index in [1.807, 2.05) is 30.3 Å². The lowest BCUT2D eigenvalue weighted by Gasteiger charge is -2.00. The molecule has 4 heteroatoms. The average Bonchev–Trinajstić information content (AvgIpc) is 2.76. The first-order valence-electron chi connectivity index (χ1n) is 4.60. The lowest BCUT2D eigenvalue weighted by Crippen LogP contribution is -1.95. The van der Waals surface area contributed by atoms with E-state index in [-0.39, 0.29) is 12.7 Å². The third-order valence-corrected chi connectivity index (χ3v) is 1.90. The second-order valence-corrected chi connectivity index (χ2v) is 3.04. The molecule has 1 aromatic carbocycles. The van der Waals surface area contributed by atoms with Crippen LogP contribution in [0.1, 0.15) is 11.3 Å². The summed E-state index contributed by atoms with van der Waals surface area (Å²) in [5.74, 6) is 0. The molecule has 78 valence electrons. The summed E-state index contributed by atoms with van der Waals surface area (Å²) < 4.78 is 10.3. The van der Waals surface area contributed by atoms with Gasteiger partial charge >= 0.3 is 6.08 Å². The van der Waals surface area contributed by atoms with Gasteiger partial charge in [-0.15, -0.1) is 0 Å². The van der Waals surface area contributed by atoms with Crippen LogP contribution in [0.25, 0.3) is 0 Å². The van der Waals surface area contributed by atoms with E-state index in [2.05, 4.69) is 4.98 Å². The highest BCUT2D eigenvalue weighted by molar-refractivity contribution is 5.14. The molecule has 0 saturated heterocycles. The van der Waals surface area contributed by atoms with Gasteiger partial charge in [-0.05, 0) is 5.56 Å². The highest BCUT2D eigenvalue weighted by Crippen LogP contribution is 2.12. The third kappa shape index (κ3) is 2.57. The SMILES string of the molecule is OCc1coc(OCc2ccccc2)n1. The first-order valence-corrected chi connectivity index (χ1v) is 4.60. The molecular formula is C11H11NO3. The maximum atomic E-state index is 8.76. The predicted octanol–water partition coefficient (Wildman–Crippen LogP) is 1.75. The fourth-order valence-electron chi connectivity index (χ4n) is 1.15. The van der Waals surface area contributed by atoms with Crippen LogP contribution in [0.3, 0.4) is 0 Å². The molecule has 0 aliphatic heterocycles. The second-order valence-electron chi connectivity index (χ2n) is 3.04. The van der Waals surface area contributed by atoms with E-state index in [1.165, 1.54) is 6.26 Å². The van der Waals surface area contributed by atoms with Gasteiger partial charge in [0.1, 0.15) is 18.6 Å².